The summed E-state index contributed by atoms with van der Waals surface area (Å²) in [4.78, 5) is 55.0. The molecule has 2 N–H and O–H groups in total. The van der Waals surface area contributed by atoms with Gasteiger partial charge in [0.2, 0.25) is 5.91 Å². The van der Waals surface area contributed by atoms with E-state index in [-0.39, 0.29) is 24.8 Å². The van der Waals surface area contributed by atoms with Crippen LogP contribution < -0.4 is 20.4 Å². The molecule has 0 atom stereocenters. The SMILES string of the molecule is COc1ccc(C(=O)N2CCN(CC3CCN(NC(=O)OC(C)(C)C)CC3)CC2)cc1N1CCC(=O)NC1=O. The number of hydrazine groups is 1. The van der Waals surface area contributed by atoms with Crippen LogP contribution in [0.25, 0.3) is 0 Å². The lowest BCUT2D eigenvalue weighted by Gasteiger charge is -2.39. The van der Waals surface area contributed by atoms with Crippen LogP contribution in [0.4, 0.5) is 15.3 Å². The average Bonchev–Trinajstić information content (AvgIpc) is 2.88. The number of nitrogens with one attached hydrogen (secondary N) is 2. The van der Waals surface area contributed by atoms with Crippen LogP contribution in [-0.4, -0.2) is 104 Å². The Balaban J connectivity index is 1.25. The fraction of sp³-hybridized carbons (Fsp3) is 0.630. The van der Waals surface area contributed by atoms with E-state index in [1.165, 1.54) is 12.0 Å². The second-order valence-corrected chi connectivity index (χ2v) is 11.3. The number of piperazine rings is 1. The molecule has 12 heteroatoms. The van der Waals surface area contributed by atoms with Crippen molar-refractivity contribution >= 4 is 29.6 Å². The van der Waals surface area contributed by atoms with Gasteiger partial charge in [0.15, 0.2) is 0 Å². The molecule has 0 saturated carbocycles. The molecule has 214 valence electrons. The Bertz CT molecular complexity index is 1070. The van der Waals surface area contributed by atoms with Crippen LogP contribution in [0.5, 0.6) is 5.75 Å². The number of anilines is 1. The Morgan fingerprint density at radius 2 is 1.72 bits per heavy atom. The van der Waals surface area contributed by atoms with Gasteiger partial charge in [-0.3, -0.25) is 30.1 Å². The number of nitrogens with zero attached hydrogens (tertiary/aromatic N) is 4. The maximum Gasteiger partial charge on any atom is 0.422 e. The first-order chi connectivity index (χ1) is 18.5. The van der Waals surface area contributed by atoms with Gasteiger partial charge in [-0.05, 0) is 57.7 Å². The van der Waals surface area contributed by atoms with Gasteiger partial charge in [0, 0.05) is 64.3 Å². The minimum atomic E-state index is -0.521. The maximum atomic E-state index is 13.3. The van der Waals surface area contributed by atoms with E-state index < -0.39 is 17.7 Å². The maximum absolute atomic E-state index is 13.3. The number of carbonyl (C=O) groups is 4. The predicted molar refractivity (Wildman–Crippen MR) is 145 cm³/mol. The van der Waals surface area contributed by atoms with E-state index in [2.05, 4.69) is 15.6 Å². The monoisotopic (exact) mass is 544 g/mol. The van der Waals surface area contributed by atoms with Crippen molar-refractivity contribution in [3.05, 3.63) is 23.8 Å². The second-order valence-electron chi connectivity index (χ2n) is 11.3. The van der Waals surface area contributed by atoms with E-state index in [1.807, 2.05) is 30.7 Å². The summed E-state index contributed by atoms with van der Waals surface area (Å²) in [7, 11) is 1.51. The van der Waals surface area contributed by atoms with Crippen LogP contribution in [0, 0.1) is 5.92 Å². The standard InChI is InChI=1S/C27H40N6O6/c1-27(2,3)39-26(37)29-32-10-7-19(8-11-32)18-30-13-15-31(16-14-30)24(35)20-5-6-22(38-4)21(17-20)33-12-9-23(34)28-25(33)36/h5-6,17,19H,7-16,18H2,1-4H3,(H,29,37)(H,28,34,36). The van der Waals surface area contributed by atoms with Gasteiger partial charge >= 0.3 is 12.1 Å². The Hall–Kier alpha value is -3.38. The van der Waals surface area contributed by atoms with Crippen molar-refractivity contribution in [1.82, 2.24) is 25.6 Å². The summed E-state index contributed by atoms with van der Waals surface area (Å²) in [5.74, 6) is 0.598. The van der Waals surface area contributed by atoms with Gasteiger partial charge in [-0.1, -0.05) is 0 Å². The van der Waals surface area contributed by atoms with Crippen molar-refractivity contribution in [2.24, 2.45) is 5.92 Å². The highest BCUT2D eigenvalue weighted by atomic mass is 16.6. The van der Waals surface area contributed by atoms with E-state index in [0.29, 0.717) is 36.0 Å². The van der Waals surface area contributed by atoms with E-state index in [0.717, 1.165) is 45.6 Å². The lowest BCUT2D eigenvalue weighted by molar-refractivity contribution is -0.120. The first kappa shape index (κ1) is 28.6. The number of ether oxygens (including phenoxy) is 2. The van der Waals surface area contributed by atoms with Crippen molar-refractivity contribution in [1.29, 1.82) is 0 Å². The van der Waals surface area contributed by atoms with Gasteiger partial charge in [-0.25, -0.2) is 14.6 Å². The topological polar surface area (TPSA) is 124 Å². The largest absolute Gasteiger partial charge is 0.495 e. The predicted octanol–water partition coefficient (Wildman–Crippen LogP) is 2.05. The number of piperidine rings is 1. The zero-order valence-corrected chi connectivity index (χ0v) is 23.3. The van der Waals surface area contributed by atoms with E-state index in [1.54, 1.807) is 18.2 Å². The molecule has 3 heterocycles. The molecule has 12 nitrogen and oxygen atoms in total. The number of methoxy groups -OCH3 is 1. The quantitative estimate of drug-likeness (QED) is 0.558. The molecular weight excluding hydrogens is 504 g/mol. The number of benzene rings is 1. The summed E-state index contributed by atoms with van der Waals surface area (Å²) in [5, 5.41) is 4.24. The lowest BCUT2D eigenvalue weighted by atomic mass is 9.97. The fourth-order valence-electron chi connectivity index (χ4n) is 5.17. The zero-order chi connectivity index (χ0) is 28.2. The Kier molecular flexibility index (Phi) is 8.96. The third kappa shape index (κ3) is 7.60. The van der Waals surface area contributed by atoms with Crippen molar-refractivity contribution in [3.63, 3.8) is 0 Å². The number of amides is 5. The molecule has 3 aliphatic heterocycles. The third-order valence-corrected chi connectivity index (χ3v) is 7.21. The molecule has 1 aromatic rings. The average molecular weight is 545 g/mol. The first-order valence-electron chi connectivity index (χ1n) is 13.6. The number of carbonyl (C=O) groups excluding carboxylic acids is 4. The normalized spacial score (nSPS) is 20.0. The molecule has 0 aromatic heterocycles. The number of rotatable bonds is 6. The Labute approximate surface area is 229 Å². The van der Waals surface area contributed by atoms with Crippen molar-refractivity contribution < 1.29 is 28.7 Å². The molecule has 1 aromatic carbocycles. The molecule has 0 radical (unpaired) electrons. The first-order valence-corrected chi connectivity index (χ1v) is 13.6. The summed E-state index contributed by atoms with van der Waals surface area (Å²) < 4.78 is 10.8. The van der Waals surface area contributed by atoms with Crippen molar-refractivity contribution in [2.45, 2.75) is 45.6 Å². The molecule has 0 unspecified atom stereocenters. The van der Waals surface area contributed by atoms with Gasteiger partial charge in [0.1, 0.15) is 11.4 Å². The number of hydrogen-bond donors (Lipinski definition) is 2. The Morgan fingerprint density at radius 3 is 2.33 bits per heavy atom. The fourth-order valence-corrected chi connectivity index (χ4v) is 5.17. The third-order valence-electron chi connectivity index (χ3n) is 7.21. The lowest BCUT2D eigenvalue weighted by Crippen LogP contribution is -2.52. The van der Waals surface area contributed by atoms with E-state index in [4.69, 9.17) is 9.47 Å². The van der Waals surface area contributed by atoms with Gasteiger partial charge in [-0.15, -0.1) is 0 Å². The molecule has 0 bridgehead atoms. The highest BCUT2D eigenvalue weighted by Gasteiger charge is 2.30. The number of imide groups is 1. The van der Waals surface area contributed by atoms with Crippen LogP contribution in [0.15, 0.2) is 18.2 Å². The smallest absolute Gasteiger partial charge is 0.422 e. The minimum absolute atomic E-state index is 0.0893. The van der Waals surface area contributed by atoms with E-state index >= 15 is 0 Å². The molecule has 3 saturated heterocycles. The second kappa shape index (κ2) is 12.2. The molecule has 0 spiro atoms. The summed E-state index contributed by atoms with van der Waals surface area (Å²) in [6.07, 6.45) is 1.74. The minimum Gasteiger partial charge on any atom is -0.495 e. The van der Waals surface area contributed by atoms with E-state index in [9.17, 15) is 19.2 Å². The molecular formula is C27H40N6O6. The van der Waals surface area contributed by atoms with Crippen molar-refractivity contribution in [3.8, 4) is 5.75 Å². The summed E-state index contributed by atoms with van der Waals surface area (Å²) in [5.41, 5.74) is 3.27. The number of urea groups is 1. The molecule has 5 amide bonds. The van der Waals surface area contributed by atoms with Crippen molar-refractivity contribution in [2.75, 3.05) is 64.4 Å². The van der Waals surface area contributed by atoms with Crippen LogP contribution >= 0.6 is 0 Å². The summed E-state index contributed by atoms with van der Waals surface area (Å²) in [6, 6.07) is 4.55. The summed E-state index contributed by atoms with van der Waals surface area (Å²) in [6.45, 7) is 11.1. The number of hydrogen-bond acceptors (Lipinski definition) is 8. The highest BCUT2D eigenvalue weighted by Crippen LogP contribution is 2.31. The molecule has 4 rings (SSSR count). The van der Waals surface area contributed by atoms with Gasteiger partial charge < -0.3 is 14.4 Å². The van der Waals surface area contributed by atoms with Gasteiger partial charge in [0.05, 0.1) is 12.8 Å². The molecule has 3 aliphatic rings. The Morgan fingerprint density at radius 1 is 1.03 bits per heavy atom. The highest BCUT2D eigenvalue weighted by molar-refractivity contribution is 6.07. The van der Waals surface area contributed by atoms with Crippen LogP contribution in [-0.2, 0) is 9.53 Å². The van der Waals surface area contributed by atoms with Crippen LogP contribution in [0.3, 0.4) is 0 Å². The van der Waals surface area contributed by atoms with Gasteiger partial charge in [0.25, 0.3) is 5.91 Å². The van der Waals surface area contributed by atoms with Crippen LogP contribution in [0.1, 0.15) is 50.4 Å². The molecule has 3 fully saturated rings. The summed E-state index contributed by atoms with van der Waals surface area (Å²) >= 11 is 0. The van der Waals surface area contributed by atoms with Gasteiger partial charge in [-0.2, -0.15) is 0 Å². The van der Waals surface area contributed by atoms with Crippen LogP contribution in [0.2, 0.25) is 0 Å². The molecule has 39 heavy (non-hydrogen) atoms. The molecule has 0 aliphatic carbocycles. The zero-order valence-electron chi connectivity index (χ0n) is 23.3.